The summed E-state index contributed by atoms with van der Waals surface area (Å²) in [6, 6.07) is 10.5. The van der Waals surface area contributed by atoms with Gasteiger partial charge in [0.1, 0.15) is 23.1 Å². The quantitative estimate of drug-likeness (QED) is 0.732. The number of likely N-dealkylation sites (N-methyl/N-ethyl adjacent to an activating group) is 1. The maximum atomic E-state index is 14.0. The largest absolute Gasteiger partial charge is 0.490 e. The number of para-hydroxylation sites is 1. The molecule has 0 bridgehead atoms. The van der Waals surface area contributed by atoms with Crippen LogP contribution in [0.15, 0.2) is 58.5 Å². The van der Waals surface area contributed by atoms with Crippen LogP contribution in [0.1, 0.15) is 0 Å². The van der Waals surface area contributed by atoms with Crippen LogP contribution < -0.4 is 4.74 Å². The highest BCUT2D eigenvalue weighted by molar-refractivity contribution is 7.91. The van der Waals surface area contributed by atoms with Gasteiger partial charge in [-0.15, -0.1) is 0 Å². The molecule has 0 fully saturated rings. The first kappa shape index (κ1) is 17.4. The Balaban J connectivity index is 2.03. The molecule has 0 spiro atoms. The van der Waals surface area contributed by atoms with E-state index in [-0.39, 0.29) is 9.79 Å². The van der Waals surface area contributed by atoms with Crippen LogP contribution in [0.4, 0.5) is 4.39 Å². The SMILES string of the molecule is CN(C)CCOc1cccc2c(S(=O)(=O)c3ccccc3F)c[nH]c12. The molecule has 2 aromatic carbocycles. The smallest absolute Gasteiger partial charge is 0.211 e. The Morgan fingerprint density at radius 3 is 2.56 bits per heavy atom. The van der Waals surface area contributed by atoms with Crippen molar-refractivity contribution in [2.75, 3.05) is 27.2 Å². The summed E-state index contributed by atoms with van der Waals surface area (Å²) in [6.07, 6.45) is 1.38. The van der Waals surface area contributed by atoms with Crippen molar-refractivity contribution >= 4 is 20.7 Å². The van der Waals surface area contributed by atoms with Crippen LogP contribution in [0.2, 0.25) is 0 Å². The Morgan fingerprint density at radius 2 is 1.84 bits per heavy atom. The molecular formula is C18H19FN2O3S. The lowest BCUT2D eigenvalue weighted by molar-refractivity contribution is 0.263. The van der Waals surface area contributed by atoms with Gasteiger partial charge in [0.05, 0.1) is 10.4 Å². The van der Waals surface area contributed by atoms with Crippen LogP contribution in [0, 0.1) is 5.82 Å². The number of fused-ring (bicyclic) bond motifs is 1. The third-order valence-corrected chi connectivity index (χ3v) is 5.68. The van der Waals surface area contributed by atoms with Gasteiger partial charge in [0, 0.05) is 18.1 Å². The van der Waals surface area contributed by atoms with Crippen molar-refractivity contribution in [3.05, 3.63) is 54.5 Å². The van der Waals surface area contributed by atoms with E-state index in [1.807, 2.05) is 19.0 Å². The highest BCUT2D eigenvalue weighted by Crippen LogP contribution is 2.33. The number of nitrogens with zero attached hydrogens (tertiary/aromatic N) is 1. The first-order valence-electron chi connectivity index (χ1n) is 7.78. The van der Waals surface area contributed by atoms with E-state index < -0.39 is 15.7 Å². The average molecular weight is 362 g/mol. The molecule has 5 nitrogen and oxygen atoms in total. The van der Waals surface area contributed by atoms with Gasteiger partial charge in [-0.25, -0.2) is 12.8 Å². The van der Waals surface area contributed by atoms with Gasteiger partial charge in [0.25, 0.3) is 0 Å². The zero-order valence-electron chi connectivity index (χ0n) is 14.0. The van der Waals surface area contributed by atoms with Crippen LogP contribution in [-0.2, 0) is 9.84 Å². The molecular weight excluding hydrogens is 343 g/mol. The van der Waals surface area contributed by atoms with E-state index in [4.69, 9.17) is 4.74 Å². The van der Waals surface area contributed by atoms with Gasteiger partial charge in [0.2, 0.25) is 9.84 Å². The number of aromatic nitrogens is 1. The van der Waals surface area contributed by atoms with Crippen LogP contribution in [-0.4, -0.2) is 45.5 Å². The Labute approximate surface area is 146 Å². The van der Waals surface area contributed by atoms with Crippen molar-refractivity contribution in [2.24, 2.45) is 0 Å². The summed E-state index contributed by atoms with van der Waals surface area (Å²) in [4.78, 5) is 4.63. The van der Waals surface area contributed by atoms with E-state index in [1.54, 1.807) is 18.2 Å². The van der Waals surface area contributed by atoms with E-state index in [0.717, 1.165) is 12.6 Å². The van der Waals surface area contributed by atoms with Gasteiger partial charge in [0.15, 0.2) is 0 Å². The summed E-state index contributed by atoms with van der Waals surface area (Å²) in [5.41, 5.74) is 0.580. The number of aromatic amines is 1. The van der Waals surface area contributed by atoms with Gasteiger partial charge in [-0.1, -0.05) is 24.3 Å². The maximum absolute atomic E-state index is 14.0. The van der Waals surface area contributed by atoms with Gasteiger partial charge < -0.3 is 14.6 Å². The zero-order valence-corrected chi connectivity index (χ0v) is 14.8. The van der Waals surface area contributed by atoms with E-state index >= 15 is 0 Å². The predicted molar refractivity (Wildman–Crippen MR) is 94.2 cm³/mol. The highest BCUT2D eigenvalue weighted by atomic mass is 32.2. The van der Waals surface area contributed by atoms with Crippen LogP contribution >= 0.6 is 0 Å². The monoisotopic (exact) mass is 362 g/mol. The molecule has 0 amide bonds. The van der Waals surface area contributed by atoms with Gasteiger partial charge >= 0.3 is 0 Å². The summed E-state index contributed by atoms with van der Waals surface area (Å²) < 4.78 is 45.4. The van der Waals surface area contributed by atoms with E-state index in [9.17, 15) is 12.8 Å². The lowest BCUT2D eigenvalue weighted by atomic mass is 10.2. The van der Waals surface area contributed by atoms with Gasteiger partial charge in [-0.2, -0.15) is 0 Å². The second kappa shape index (κ2) is 6.85. The number of hydrogen-bond acceptors (Lipinski definition) is 4. The van der Waals surface area contributed by atoms with E-state index in [1.165, 1.54) is 24.4 Å². The molecule has 0 unspecified atom stereocenters. The maximum Gasteiger partial charge on any atom is 0.211 e. The molecule has 0 saturated heterocycles. The average Bonchev–Trinajstić information content (AvgIpc) is 3.00. The second-order valence-corrected chi connectivity index (χ2v) is 7.80. The minimum absolute atomic E-state index is 0.0330. The van der Waals surface area contributed by atoms with Gasteiger partial charge in [-0.05, 0) is 32.3 Å². The van der Waals surface area contributed by atoms with Crippen molar-refractivity contribution in [1.82, 2.24) is 9.88 Å². The minimum atomic E-state index is -3.97. The predicted octanol–water partition coefficient (Wildman–Crippen LogP) is 3.08. The molecule has 0 aliphatic rings. The molecule has 0 aliphatic heterocycles. The summed E-state index contributed by atoms with van der Waals surface area (Å²) >= 11 is 0. The molecule has 25 heavy (non-hydrogen) atoms. The molecule has 1 heterocycles. The van der Waals surface area contributed by atoms with Gasteiger partial charge in [-0.3, -0.25) is 0 Å². The summed E-state index contributed by atoms with van der Waals surface area (Å²) in [5.74, 6) is -0.204. The first-order valence-corrected chi connectivity index (χ1v) is 9.27. The number of halogens is 1. The fraction of sp³-hybridized carbons (Fsp3) is 0.222. The summed E-state index contributed by atoms with van der Waals surface area (Å²) in [7, 11) is -0.0894. The first-order chi connectivity index (χ1) is 11.9. The number of hydrogen-bond donors (Lipinski definition) is 1. The normalized spacial score (nSPS) is 12.0. The third-order valence-electron chi connectivity index (χ3n) is 3.85. The molecule has 7 heteroatoms. The van der Waals surface area contributed by atoms with E-state index in [2.05, 4.69) is 4.98 Å². The topological polar surface area (TPSA) is 62.4 Å². The van der Waals surface area contributed by atoms with Crippen molar-refractivity contribution in [1.29, 1.82) is 0 Å². The fourth-order valence-electron chi connectivity index (χ4n) is 2.56. The van der Waals surface area contributed by atoms with Crippen molar-refractivity contribution in [3.63, 3.8) is 0 Å². The number of benzene rings is 2. The molecule has 3 rings (SSSR count). The van der Waals surface area contributed by atoms with Crippen LogP contribution in [0.5, 0.6) is 5.75 Å². The highest BCUT2D eigenvalue weighted by Gasteiger charge is 2.25. The Kier molecular flexibility index (Phi) is 4.78. The van der Waals surface area contributed by atoms with E-state index in [0.29, 0.717) is 23.3 Å². The fourth-order valence-corrected chi connectivity index (χ4v) is 4.06. The number of ether oxygens (including phenoxy) is 1. The molecule has 1 aromatic heterocycles. The number of nitrogens with one attached hydrogen (secondary N) is 1. The number of H-pyrrole nitrogens is 1. The van der Waals surface area contributed by atoms with Crippen LogP contribution in [0.25, 0.3) is 10.9 Å². The standard InChI is InChI=1S/C18H19FN2O3S/c1-21(2)10-11-24-15-8-5-6-13-17(12-20-18(13)15)25(22,23)16-9-4-3-7-14(16)19/h3-9,12,20H,10-11H2,1-2H3. The Bertz CT molecular complexity index is 996. The molecule has 0 aliphatic carbocycles. The van der Waals surface area contributed by atoms with Crippen molar-refractivity contribution in [2.45, 2.75) is 9.79 Å². The third kappa shape index (κ3) is 3.38. The molecule has 132 valence electrons. The lowest BCUT2D eigenvalue weighted by Gasteiger charge is -2.11. The Morgan fingerprint density at radius 1 is 1.08 bits per heavy atom. The molecule has 3 aromatic rings. The molecule has 0 saturated carbocycles. The summed E-state index contributed by atoms with van der Waals surface area (Å²) in [6.45, 7) is 1.21. The molecule has 0 radical (unpaired) electrons. The zero-order chi connectivity index (χ0) is 18.0. The molecule has 1 N–H and O–H groups in total. The number of rotatable bonds is 6. The van der Waals surface area contributed by atoms with Crippen molar-refractivity contribution in [3.8, 4) is 5.75 Å². The lowest BCUT2D eigenvalue weighted by Crippen LogP contribution is -2.19. The Hall–Kier alpha value is -2.38. The van der Waals surface area contributed by atoms with Crippen molar-refractivity contribution < 1.29 is 17.5 Å². The molecule has 0 atom stereocenters. The van der Waals surface area contributed by atoms with Crippen LogP contribution in [0.3, 0.4) is 0 Å². The number of sulfone groups is 1. The summed E-state index contributed by atoms with van der Waals surface area (Å²) in [5, 5.41) is 0.477. The second-order valence-electron chi connectivity index (χ2n) is 5.92. The minimum Gasteiger partial charge on any atom is -0.490 e.